The molecular weight excluding hydrogens is 218 g/mol. The Hall–Kier alpha value is -1.36. The maximum absolute atomic E-state index is 11.6. The van der Waals surface area contributed by atoms with Gasteiger partial charge in [0.1, 0.15) is 5.70 Å². The van der Waals surface area contributed by atoms with E-state index in [0.717, 1.165) is 30.7 Å². The minimum absolute atomic E-state index is 0.124. The number of aliphatic imine (C=N–C) groups is 1. The second-order valence-corrected chi connectivity index (χ2v) is 4.57. The number of carbonyl (C=O) groups excluding carboxylic acids is 1. The summed E-state index contributed by atoms with van der Waals surface area (Å²) >= 11 is 0. The van der Waals surface area contributed by atoms with Gasteiger partial charge in [-0.3, -0.25) is 4.99 Å². The highest BCUT2D eigenvalue weighted by Crippen LogP contribution is 2.49. The Balaban J connectivity index is 2.29. The average molecular weight is 237 g/mol. The summed E-state index contributed by atoms with van der Waals surface area (Å²) in [5.74, 6) is -0.442. The van der Waals surface area contributed by atoms with Crippen LogP contribution in [0.5, 0.6) is 0 Å². The summed E-state index contributed by atoms with van der Waals surface area (Å²) in [5, 5.41) is 3.30. The molecule has 0 aromatic heterocycles. The van der Waals surface area contributed by atoms with E-state index in [1.807, 2.05) is 0 Å². The number of carbonyl (C=O) groups is 1. The van der Waals surface area contributed by atoms with Crippen LogP contribution in [0.4, 0.5) is 0 Å². The molecule has 1 saturated carbocycles. The number of piperidine rings is 1. The van der Waals surface area contributed by atoms with Crippen molar-refractivity contribution in [3.8, 4) is 0 Å². The molecule has 0 atom stereocenters. The SMILES string of the molecule is CCOC(=O)/C(N)=C1\CNCC2(CC2)C1=NC. The fraction of sp³-hybridized carbons (Fsp3) is 0.667. The molecule has 0 aromatic carbocycles. The lowest BCUT2D eigenvalue weighted by atomic mass is 9.88. The molecule has 0 aromatic rings. The predicted molar refractivity (Wildman–Crippen MR) is 65.7 cm³/mol. The maximum Gasteiger partial charge on any atom is 0.354 e. The molecule has 0 bridgehead atoms. The van der Waals surface area contributed by atoms with Gasteiger partial charge in [0.2, 0.25) is 0 Å². The standard InChI is InChI=1S/C12H19N3O2/c1-3-17-11(16)9(13)8-6-15-7-12(4-5-12)10(8)14-2/h15H,3-7,13H2,1-2H3/b9-8-,14-10?. The molecule has 5 nitrogen and oxygen atoms in total. The van der Waals surface area contributed by atoms with Gasteiger partial charge < -0.3 is 15.8 Å². The van der Waals surface area contributed by atoms with E-state index in [0.29, 0.717) is 13.2 Å². The third-order valence-electron chi connectivity index (χ3n) is 3.45. The zero-order valence-electron chi connectivity index (χ0n) is 10.4. The van der Waals surface area contributed by atoms with E-state index in [2.05, 4.69) is 10.3 Å². The van der Waals surface area contributed by atoms with Gasteiger partial charge in [0.15, 0.2) is 0 Å². The molecule has 1 saturated heterocycles. The minimum Gasteiger partial charge on any atom is -0.461 e. The third-order valence-corrected chi connectivity index (χ3v) is 3.45. The van der Waals surface area contributed by atoms with E-state index in [-0.39, 0.29) is 11.1 Å². The van der Waals surface area contributed by atoms with Crippen molar-refractivity contribution in [2.24, 2.45) is 16.1 Å². The zero-order chi connectivity index (χ0) is 12.5. The molecule has 1 spiro atoms. The van der Waals surface area contributed by atoms with Crippen LogP contribution in [0.15, 0.2) is 16.3 Å². The van der Waals surface area contributed by atoms with Gasteiger partial charge in [0, 0.05) is 36.8 Å². The Labute approximate surface area is 101 Å². The number of rotatable bonds is 2. The van der Waals surface area contributed by atoms with E-state index >= 15 is 0 Å². The van der Waals surface area contributed by atoms with Gasteiger partial charge in [-0.05, 0) is 19.8 Å². The molecule has 0 amide bonds. The largest absolute Gasteiger partial charge is 0.461 e. The molecular formula is C12H19N3O2. The van der Waals surface area contributed by atoms with Gasteiger partial charge in [-0.1, -0.05) is 0 Å². The number of hydrogen-bond donors (Lipinski definition) is 2. The Morgan fingerprint density at radius 3 is 2.82 bits per heavy atom. The molecule has 94 valence electrons. The van der Waals surface area contributed by atoms with Crippen LogP contribution in [0, 0.1) is 5.41 Å². The first kappa shape index (κ1) is 12.1. The molecule has 0 unspecified atom stereocenters. The van der Waals surface area contributed by atoms with Crippen LogP contribution < -0.4 is 11.1 Å². The fourth-order valence-corrected chi connectivity index (χ4v) is 2.41. The van der Waals surface area contributed by atoms with Crippen LogP contribution in [0.25, 0.3) is 0 Å². The molecule has 2 rings (SSSR count). The Bertz CT molecular complexity index is 395. The minimum atomic E-state index is -0.442. The van der Waals surface area contributed by atoms with Crippen molar-refractivity contribution in [1.82, 2.24) is 5.32 Å². The fourth-order valence-electron chi connectivity index (χ4n) is 2.41. The van der Waals surface area contributed by atoms with Crippen LogP contribution in [0.3, 0.4) is 0 Å². The Kier molecular flexibility index (Phi) is 3.19. The summed E-state index contributed by atoms with van der Waals surface area (Å²) < 4.78 is 4.93. The third kappa shape index (κ3) is 2.07. The van der Waals surface area contributed by atoms with Crippen LogP contribution in [-0.4, -0.2) is 38.4 Å². The van der Waals surface area contributed by atoms with Gasteiger partial charge in [-0.15, -0.1) is 0 Å². The van der Waals surface area contributed by atoms with Crippen LogP contribution >= 0.6 is 0 Å². The molecule has 1 aliphatic carbocycles. The monoisotopic (exact) mass is 237 g/mol. The normalized spacial score (nSPS) is 27.1. The van der Waals surface area contributed by atoms with Crippen molar-refractivity contribution >= 4 is 11.7 Å². The molecule has 0 radical (unpaired) electrons. The van der Waals surface area contributed by atoms with Crippen molar-refractivity contribution in [2.45, 2.75) is 19.8 Å². The van der Waals surface area contributed by atoms with E-state index in [9.17, 15) is 4.79 Å². The summed E-state index contributed by atoms with van der Waals surface area (Å²) in [6.45, 7) is 3.63. The van der Waals surface area contributed by atoms with Crippen LogP contribution in [-0.2, 0) is 9.53 Å². The number of ether oxygens (including phenoxy) is 1. The smallest absolute Gasteiger partial charge is 0.354 e. The van der Waals surface area contributed by atoms with Gasteiger partial charge in [0.05, 0.1) is 6.61 Å². The number of nitrogens with two attached hydrogens (primary N) is 1. The number of nitrogens with one attached hydrogen (secondary N) is 1. The van der Waals surface area contributed by atoms with Crippen molar-refractivity contribution in [1.29, 1.82) is 0 Å². The average Bonchev–Trinajstić information content (AvgIpc) is 3.08. The van der Waals surface area contributed by atoms with Crippen molar-refractivity contribution in [2.75, 3.05) is 26.7 Å². The second-order valence-electron chi connectivity index (χ2n) is 4.57. The number of esters is 1. The Morgan fingerprint density at radius 1 is 1.59 bits per heavy atom. The lowest BCUT2D eigenvalue weighted by molar-refractivity contribution is -0.138. The zero-order valence-corrected chi connectivity index (χ0v) is 10.4. The van der Waals surface area contributed by atoms with E-state index in [4.69, 9.17) is 10.5 Å². The van der Waals surface area contributed by atoms with Gasteiger partial charge >= 0.3 is 5.97 Å². The summed E-state index contributed by atoms with van der Waals surface area (Å²) in [4.78, 5) is 16.0. The highest BCUT2D eigenvalue weighted by molar-refractivity contribution is 6.11. The first-order chi connectivity index (χ1) is 8.14. The topological polar surface area (TPSA) is 76.7 Å². The number of nitrogens with zero attached hydrogens (tertiary/aromatic N) is 1. The van der Waals surface area contributed by atoms with Crippen molar-refractivity contribution in [3.63, 3.8) is 0 Å². The van der Waals surface area contributed by atoms with E-state index in [1.54, 1.807) is 14.0 Å². The quantitative estimate of drug-likeness (QED) is 0.532. The lowest BCUT2D eigenvalue weighted by Gasteiger charge is -2.28. The molecule has 2 aliphatic rings. The summed E-state index contributed by atoms with van der Waals surface area (Å²) in [5.41, 5.74) is 8.00. The highest BCUT2D eigenvalue weighted by Gasteiger charge is 2.50. The van der Waals surface area contributed by atoms with E-state index in [1.165, 1.54) is 0 Å². The summed E-state index contributed by atoms with van der Waals surface area (Å²) in [7, 11) is 1.76. The van der Waals surface area contributed by atoms with E-state index < -0.39 is 5.97 Å². The highest BCUT2D eigenvalue weighted by atomic mass is 16.5. The lowest BCUT2D eigenvalue weighted by Crippen LogP contribution is -2.42. The number of hydrogen-bond acceptors (Lipinski definition) is 5. The first-order valence-corrected chi connectivity index (χ1v) is 5.98. The predicted octanol–water partition coefficient (Wildman–Crippen LogP) is 0.217. The summed E-state index contributed by atoms with van der Waals surface area (Å²) in [6.07, 6.45) is 2.23. The Morgan fingerprint density at radius 2 is 2.29 bits per heavy atom. The van der Waals surface area contributed by atoms with Gasteiger partial charge in [0.25, 0.3) is 0 Å². The van der Waals surface area contributed by atoms with Crippen LogP contribution in [0.1, 0.15) is 19.8 Å². The van der Waals surface area contributed by atoms with Gasteiger partial charge in [-0.25, -0.2) is 4.79 Å². The molecule has 5 heteroatoms. The summed E-state index contributed by atoms with van der Waals surface area (Å²) in [6, 6.07) is 0. The molecule has 2 fully saturated rings. The molecule has 3 N–H and O–H groups in total. The molecule has 1 heterocycles. The second kappa shape index (κ2) is 4.49. The van der Waals surface area contributed by atoms with Crippen molar-refractivity contribution in [3.05, 3.63) is 11.3 Å². The van der Waals surface area contributed by atoms with Gasteiger partial charge in [-0.2, -0.15) is 0 Å². The molecule has 17 heavy (non-hydrogen) atoms. The van der Waals surface area contributed by atoms with Crippen molar-refractivity contribution < 1.29 is 9.53 Å². The first-order valence-electron chi connectivity index (χ1n) is 5.98. The van der Waals surface area contributed by atoms with Crippen LogP contribution in [0.2, 0.25) is 0 Å². The maximum atomic E-state index is 11.6. The molecule has 1 aliphatic heterocycles.